The number of amides is 2. The fourth-order valence-corrected chi connectivity index (χ4v) is 1.60. The summed E-state index contributed by atoms with van der Waals surface area (Å²) in [5.41, 5.74) is 0. The molecule has 0 aromatic carbocycles. The molecule has 0 fully saturated rings. The number of hydrogen-bond acceptors (Lipinski definition) is 3. The van der Waals surface area contributed by atoms with E-state index in [-0.39, 0.29) is 0 Å². The molecule has 0 aliphatic heterocycles. The number of carbonyl (C=O) groups excluding carboxylic acids is 1. The third-order valence-electron chi connectivity index (χ3n) is 2.65. The van der Waals surface area contributed by atoms with Crippen molar-refractivity contribution in [2.24, 2.45) is 0 Å². The molecule has 100 valence electrons. The topological polar surface area (TPSA) is 98.3 Å². The van der Waals surface area contributed by atoms with Crippen molar-refractivity contribution < 1.29 is 14.7 Å². The maximum absolute atomic E-state index is 11.7. The van der Waals surface area contributed by atoms with Crippen LogP contribution in [-0.4, -0.2) is 51.6 Å². The van der Waals surface area contributed by atoms with E-state index >= 15 is 0 Å². The van der Waals surface area contributed by atoms with E-state index in [0.29, 0.717) is 19.4 Å². The van der Waals surface area contributed by atoms with Gasteiger partial charge >= 0.3 is 12.0 Å². The van der Waals surface area contributed by atoms with Gasteiger partial charge in [-0.05, 0) is 6.42 Å². The Kier molecular flexibility index (Phi) is 5.16. The van der Waals surface area contributed by atoms with Gasteiger partial charge in [0.05, 0.1) is 0 Å². The van der Waals surface area contributed by atoms with Crippen molar-refractivity contribution in [2.75, 3.05) is 13.6 Å². The standard InChI is InChI=1S/C11H18N4O3/c1-3-8(10(16)17)15(2)11(18)14-5-4-9-12-6-7-13-9/h6-8H,3-5H2,1-2H3,(H,12,13)(H,14,18)(H,16,17). The molecule has 7 heteroatoms. The van der Waals surface area contributed by atoms with Gasteiger partial charge in [-0.15, -0.1) is 0 Å². The number of carbonyl (C=O) groups is 2. The number of carboxylic acids is 1. The maximum Gasteiger partial charge on any atom is 0.326 e. The first-order valence-electron chi connectivity index (χ1n) is 5.78. The minimum Gasteiger partial charge on any atom is -0.480 e. The predicted molar refractivity (Wildman–Crippen MR) is 65.2 cm³/mol. The number of imidazole rings is 1. The molecule has 2 amide bonds. The van der Waals surface area contributed by atoms with E-state index in [9.17, 15) is 9.59 Å². The van der Waals surface area contributed by atoms with E-state index in [2.05, 4.69) is 15.3 Å². The molecule has 0 aliphatic carbocycles. The number of hydrogen-bond donors (Lipinski definition) is 3. The van der Waals surface area contributed by atoms with E-state index in [4.69, 9.17) is 5.11 Å². The second-order valence-electron chi connectivity index (χ2n) is 3.89. The Hall–Kier alpha value is -2.05. The van der Waals surface area contributed by atoms with E-state index < -0.39 is 18.0 Å². The summed E-state index contributed by atoms with van der Waals surface area (Å²) < 4.78 is 0. The molecule has 0 bridgehead atoms. The SMILES string of the molecule is CCC(C(=O)O)N(C)C(=O)NCCc1ncc[nH]1. The van der Waals surface area contributed by atoms with Crippen molar-refractivity contribution in [3.8, 4) is 0 Å². The quantitative estimate of drug-likeness (QED) is 0.686. The highest BCUT2D eigenvalue weighted by atomic mass is 16.4. The normalized spacial score (nSPS) is 11.9. The molecule has 1 rings (SSSR count). The van der Waals surface area contributed by atoms with Crippen molar-refractivity contribution >= 4 is 12.0 Å². The zero-order valence-electron chi connectivity index (χ0n) is 10.5. The highest BCUT2D eigenvalue weighted by molar-refractivity contribution is 5.82. The molecule has 1 atom stereocenters. The Balaban J connectivity index is 2.37. The number of nitrogens with one attached hydrogen (secondary N) is 2. The van der Waals surface area contributed by atoms with Crippen LogP contribution >= 0.6 is 0 Å². The van der Waals surface area contributed by atoms with Crippen LogP contribution in [-0.2, 0) is 11.2 Å². The largest absolute Gasteiger partial charge is 0.480 e. The minimum atomic E-state index is -0.999. The van der Waals surface area contributed by atoms with Crippen molar-refractivity contribution in [1.82, 2.24) is 20.2 Å². The average molecular weight is 254 g/mol. The summed E-state index contributed by atoms with van der Waals surface area (Å²) >= 11 is 0. The summed E-state index contributed by atoms with van der Waals surface area (Å²) in [7, 11) is 1.48. The Bertz CT molecular complexity index is 391. The van der Waals surface area contributed by atoms with Gasteiger partial charge < -0.3 is 20.3 Å². The summed E-state index contributed by atoms with van der Waals surface area (Å²) in [5, 5.41) is 11.6. The average Bonchev–Trinajstić information content (AvgIpc) is 2.82. The number of aromatic nitrogens is 2. The van der Waals surface area contributed by atoms with Gasteiger partial charge in [0.15, 0.2) is 0 Å². The summed E-state index contributed by atoms with van der Waals surface area (Å²) in [6.07, 6.45) is 4.30. The van der Waals surface area contributed by atoms with Crippen LogP contribution in [0.15, 0.2) is 12.4 Å². The van der Waals surface area contributed by atoms with Gasteiger partial charge in [-0.25, -0.2) is 14.6 Å². The lowest BCUT2D eigenvalue weighted by atomic mass is 10.2. The number of likely N-dealkylation sites (N-methyl/N-ethyl adjacent to an activating group) is 1. The second kappa shape index (κ2) is 6.63. The lowest BCUT2D eigenvalue weighted by molar-refractivity contribution is -0.141. The molecule has 7 nitrogen and oxygen atoms in total. The van der Waals surface area contributed by atoms with Crippen LogP contribution in [0.5, 0.6) is 0 Å². The number of nitrogens with zero attached hydrogens (tertiary/aromatic N) is 2. The number of H-pyrrole nitrogens is 1. The Labute approximate surface area is 105 Å². The summed E-state index contributed by atoms with van der Waals surface area (Å²) in [4.78, 5) is 30.7. The van der Waals surface area contributed by atoms with Gasteiger partial charge in [0, 0.05) is 32.4 Å². The van der Waals surface area contributed by atoms with Crippen LogP contribution in [0.25, 0.3) is 0 Å². The first-order chi connectivity index (χ1) is 8.56. The van der Waals surface area contributed by atoms with Crippen molar-refractivity contribution in [3.05, 3.63) is 18.2 Å². The molecule has 18 heavy (non-hydrogen) atoms. The Morgan fingerprint density at radius 3 is 2.83 bits per heavy atom. The van der Waals surface area contributed by atoms with Gasteiger partial charge in [0.1, 0.15) is 11.9 Å². The second-order valence-corrected chi connectivity index (χ2v) is 3.89. The molecular formula is C11H18N4O3. The van der Waals surface area contributed by atoms with Gasteiger partial charge in [-0.3, -0.25) is 0 Å². The summed E-state index contributed by atoms with van der Waals surface area (Å²) in [6.45, 7) is 2.14. The third-order valence-corrected chi connectivity index (χ3v) is 2.65. The van der Waals surface area contributed by atoms with E-state index in [1.54, 1.807) is 19.3 Å². The Morgan fingerprint density at radius 2 is 2.33 bits per heavy atom. The number of rotatable bonds is 6. The maximum atomic E-state index is 11.7. The molecule has 1 unspecified atom stereocenters. The molecule has 0 spiro atoms. The third kappa shape index (κ3) is 3.76. The van der Waals surface area contributed by atoms with Crippen LogP contribution in [0, 0.1) is 0 Å². The van der Waals surface area contributed by atoms with Gasteiger partial charge in [-0.1, -0.05) is 6.92 Å². The van der Waals surface area contributed by atoms with Crippen molar-refractivity contribution in [2.45, 2.75) is 25.8 Å². The first kappa shape index (κ1) is 14.0. The Morgan fingerprint density at radius 1 is 1.61 bits per heavy atom. The minimum absolute atomic E-state index is 0.372. The lowest BCUT2D eigenvalue weighted by Gasteiger charge is -2.23. The summed E-state index contributed by atoms with van der Waals surface area (Å²) in [6, 6.07) is -1.19. The number of aromatic amines is 1. The molecular weight excluding hydrogens is 236 g/mol. The fraction of sp³-hybridized carbons (Fsp3) is 0.545. The predicted octanol–water partition coefficient (Wildman–Crippen LogP) is 0.457. The smallest absolute Gasteiger partial charge is 0.326 e. The van der Waals surface area contributed by atoms with Crippen LogP contribution < -0.4 is 5.32 Å². The highest BCUT2D eigenvalue weighted by Gasteiger charge is 2.24. The summed E-state index contributed by atoms with van der Waals surface area (Å²) in [5.74, 6) is -0.218. The molecule has 3 N–H and O–H groups in total. The van der Waals surface area contributed by atoms with E-state index in [1.165, 1.54) is 11.9 Å². The molecule has 0 saturated heterocycles. The first-order valence-corrected chi connectivity index (χ1v) is 5.78. The van der Waals surface area contributed by atoms with Crippen LogP contribution in [0.1, 0.15) is 19.2 Å². The van der Waals surface area contributed by atoms with Crippen molar-refractivity contribution in [3.63, 3.8) is 0 Å². The number of aliphatic carboxylic acids is 1. The molecule has 1 aromatic heterocycles. The van der Waals surface area contributed by atoms with Crippen molar-refractivity contribution in [1.29, 1.82) is 0 Å². The fourth-order valence-electron chi connectivity index (χ4n) is 1.60. The van der Waals surface area contributed by atoms with E-state index in [1.807, 2.05) is 0 Å². The van der Waals surface area contributed by atoms with Gasteiger partial charge in [0.25, 0.3) is 0 Å². The van der Waals surface area contributed by atoms with E-state index in [0.717, 1.165) is 5.82 Å². The zero-order chi connectivity index (χ0) is 13.5. The monoisotopic (exact) mass is 254 g/mol. The molecule has 1 aromatic rings. The molecule has 0 aliphatic rings. The molecule has 0 saturated carbocycles. The van der Waals surface area contributed by atoms with Crippen LogP contribution in [0.4, 0.5) is 4.79 Å². The lowest BCUT2D eigenvalue weighted by Crippen LogP contribution is -2.47. The van der Waals surface area contributed by atoms with Crippen LogP contribution in [0.3, 0.4) is 0 Å². The number of urea groups is 1. The highest BCUT2D eigenvalue weighted by Crippen LogP contribution is 2.02. The van der Waals surface area contributed by atoms with Gasteiger partial charge in [0.2, 0.25) is 0 Å². The zero-order valence-corrected chi connectivity index (χ0v) is 10.5. The number of carboxylic acid groups (broad SMARTS) is 1. The van der Waals surface area contributed by atoms with Crippen LogP contribution in [0.2, 0.25) is 0 Å². The molecule has 0 radical (unpaired) electrons. The van der Waals surface area contributed by atoms with Gasteiger partial charge in [-0.2, -0.15) is 0 Å². The molecule has 1 heterocycles.